The first-order chi connectivity index (χ1) is 7.92. The number of nitriles is 1. The fourth-order valence-corrected chi connectivity index (χ4v) is 2.11. The third-order valence-corrected chi connectivity index (χ3v) is 3.42. The van der Waals surface area contributed by atoms with Gasteiger partial charge < -0.3 is 5.11 Å². The van der Waals surface area contributed by atoms with E-state index in [2.05, 4.69) is 0 Å². The van der Waals surface area contributed by atoms with Gasteiger partial charge in [0.2, 0.25) is 0 Å². The second-order valence-corrected chi connectivity index (χ2v) is 4.88. The number of rotatable bonds is 4. The van der Waals surface area contributed by atoms with Crippen molar-refractivity contribution in [1.29, 1.82) is 5.26 Å². The Bertz CT molecular complexity index is 587. The molecule has 0 unspecified atom stereocenters. The minimum atomic E-state index is -3.97. The topological polar surface area (TPSA) is 107 Å². The molecular formula is C10H10N2O4S. The average molecular weight is 254 g/mol. The van der Waals surface area contributed by atoms with Crippen LogP contribution < -0.4 is 4.72 Å². The number of carboxylic acids is 1. The summed E-state index contributed by atoms with van der Waals surface area (Å²) in [6.45, 7) is 1.77. The van der Waals surface area contributed by atoms with Crippen LogP contribution in [0.4, 0.5) is 0 Å². The first kappa shape index (κ1) is 13.0. The Balaban J connectivity index is 3.37. The molecule has 1 aromatic rings. The van der Waals surface area contributed by atoms with E-state index in [4.69, 9.17) is 10.4 Å². The number of aryl methyl sites for hydroxylation is 1. The molecule has 0 heterocycles. The minimum absolute atomic E-state index is 0.0756. The second-order valence-electron chi connectivity index (χ2n) is 3.19. The van der Waals surface area contributed by atoms with Crippen LogP contribution in [0.2, 0.25) is 0 Å². The lowest BCUT2D eigenvalue weighted by Crippen LogP contribution is -2.19. The molecule has 6 nitrogen and oxygen atoms in total. The quantitative estimate of drug-likeness (QED) is 0.607. The molecule has 0 amide bonds. The molecule has 0 aromatic heterocycles. The van der Waals surface area contributed by atoms with E-state index in [0.717, 1.165) is 6.07 Å². The lowest BCUT2D eigenvalue weighted by atomic mass is 10.1. The van der Waals surface area contributed by atoms with Gasteiger partial charge in [-0.1, -0.05) is 13.0 Å². The molecule has 0 saturated heterocycles. The maximum absolute atomic E-state index is 11.5. The third-order valence-electron chi connectivity index (χ3n) is 2.18. The van der Waals surface area contributed by atoms with Gasteiger partial charge >= 0.3 is 5.97 Å². The molecule has 0 saturated carbocycles. The highest BCUT2D eigenvalue weighted by Gasteiger charge is 2.17. The number of carboxylic acid groups (broad SMARTS) is 1. The number of hydrogen-bond donors (Lipinski definition) is 2. The molecule has 0 bridgehead atoms. The van der Waals surface area contributed by atoms with Crippen molar-refractivity contribution in [1.82, 2.24) is 4.72 Å². The molecule has 1 rings (SSSR count). The van der Waals surface area contributed by atoms with Crippen molar-refractivity contribution in [3.63, 3.8) is 0 Å². The summed E-state index contributed by atoms with van der Waals surface area (Å²) in [7, 11) is -3.97. The van der Waals surface area contributed by atoms with Gasteiger partial charge in [-0.25, -0.2) is 17.9 Å². The van der Waals surface area contributed by atoms with Gasteiger partial charge in [0, 0.05) is 0 Å². The van der Waals surface area contributed by atoms with E-state index < -0.39 is 16.0 Å². The summed E-state index contributed by atoms with van der Waals surface area (Å²) in [6, 6.07) is 3.74. The molecule has 0 radical (unpaired) electrons. The molecule has 7 heteroatoms. The van der Waals surface area contributed by atoms with Crippen molar-refractivity contribution < 1.29 is 18.3 Å². The maximum Gasteiger partial charge on any atom is 0.336 e. The van der Waals surface area contributed by atoms with Crippen molar-refractivity contribution in [2.24, 2.45) is 0 Å². The Hall–Kier alpha value is -2.07. The van der Waals surface area contributed by atoms with Crippen LogP contribution in [0.15, 0.2) is 23.1 Å². The van der Waals surface area contributed by atoms with Gasteiger partial charge in [-0.05, 0) is 24.1 Å². The fourth-order valence-electron chi connectivity index (χ4n) is 1.35. The van der Waals surface area contributed by atoms with Gasteiger partial charge in [0.05, 0.1) is 10.5 Å². The van der Waals surface area contributed by atoms with Gasteiger partial charge in [-0.15, -0.1) is 0 Å². The van der Waals surface area contributed by atoms with Gasteiger partial charge in [0.25, 0.3) is 10.0 Å². The highest BCUT2D eigenvalue weighted by molar-refractivity contribution is 7.89. The molecule has 0 aliphatic rings. The normalized spacial score (nSPS) is 10.6. The number of carbonyl (C=O) groups is 1. The summed E-state index contributed by atoms with van der Waals surface area (Å²) >= 11 is 0. The van der Waals surface area contributed by atoms with Gasteiger partial charge in [0.15, 0.2) is 6.19 Å². The zero-order chi connectivity index (χ0) is 13.1. The van der Waals surface area contributed by atoms with Crippen LogP contribution in [0.1, 0.15) is 22.8 Å². The predicted molar refractivity (Wildman–Crippen MR) is 58.7 cm³/mol. The van der Waals surface area contributed by atoms with E-state index >= 15 is 0 Å². The molecule has 2 N–H and O–H groups in total. The Morgan fingerprint density at radius 3 is 2.65 bits per heavy atom. The van der Waals surface area contributed by atoms with Crippen LogP contribution in [0.5, 0.6) is 0 Å². The van der Waals surface area contributed by atoms with E-state index in [0.29, 0.717) is 12.0 Å². The smallest absolute Gasteiger partial charge is 0.336 e. The lowest BCUT2D eigenvalue weighted by Gasteiger charge is -2.06. The van der Waals surface area contributed by atoms with Gasteiger partial charge in [-0.2, -0.15) is 5.26 Å². The highest BCUT2D eigenvalue weighted by atomic mass is 32.2. The number of nitrogens with zero attached hydrogens (tertiary/aromatic N) is 1. The molecule has 0 aliphatic heterocycles. The van der Waals surface area contributed by atoms with Crippen LogP contribution >= 0.6 is 0 Å². The molecular weight excluding hydrogens is 244 g/mol. The summed E-state index contributed by atoms with van der Waals surface area (Å²) in [6.07, 6.45) is 1.78. The Morgan fingerprint density at radius 1 is 1.53 bits per heavy atom. The molecule has 0 spiro atoms. The van der Waals surface area contributed by atoms with Crippen molar-refractivity contribution in [2.45, 2.75) is 18.2 Å². The number of sulfonamides is 1. The number of benzene rings is 1. The molecule has 1 aromatic carbocycles. The zero-order valence-electron chi connectivity index (χ0n) is 8.97. The number of nitrogens with one attached hydrogen (secondary N) is 1. The number of hydrogen-bond acceptors (Lipinski definition) is 4. The SMILES string of the molecule is CCc1ccc(S(=O)(=O)NC#N)cc1C(=O)O. The monoisotopic (exact) mass is 254 g/mol. The third kappa shape index (κ3) is 2.73. The minimum Gasteiger partial charge on any atom is -0.478 e. The van der Waals surface area contributed by atoms with Crippen LogP contribution in [0.3, 0.4) is 0 Å². The van der Waals surface area contributed by atoms with Crippen molar-refractivity contribution in [2.75, 3.05) is 0 Å². The van der Waals surface area contributed by atoms with E-state index in [-0.39, 0.29) is 10.5 Å². The zero-order valence-corrected chi connectivity index (χ0v) is 9.78. The summed E-state index contributed by atoms with van der Waals surface area (Å²) < 4.78 is 24.6. The van der Waals surface area contributed by atoms with Crippen LogP contribution in [0.25, 0.3) is 0 Å². The Morgan fingerprint density at radius 2 is 2.18 bits per heavy atom. The lowest BCUT2D eigenvalue weighted by molar-refractivity contribution is 0.0695. The summed E-state index contributed by atoms with van der Waals surface area (Å²) in [4.78, 5) is 10.7. The highest BCUT2D eigenvalue weighted by Crippen LogP contribution is 2.16. The summed E-state index contributed by atoms with van der Waals surface area (Å²) in [5.41, 5.74) is 0.460. The Kier molecular flexibility index (Phi) is 3.70. The molecule has 0 aliphatic carbocycles. The van der Waals surface area contributed by atoms with Gasteiger partial charge in [-0.3, -0.25) is 0 Å². The van der Waals surface area contributed by atoms with Crippen molar-refractivity contribution in [3.8, 4) is 6.19 Å². The maximum atomic E-state index is 11.5. The van der Waals surface area contributed by atoms with Gasteiger partial charge in [0.1, 0.15) is 0 Å². The fraction of sp³-hybridized carbons (Fsp3) is 0.200. The first-order valence-corrected chi connectivity index (χ1v) is 6.17. The van der Waals surface area contributed by atoms with E-state index in [1.54, 1.807) is 11.6 Å². The van der Waals surface area contributed by atoms with Crippen LogP contribution in [0, 0.1) is 11.5 Å². The van der Waals surface area contributed by atoms with Crippen molar-refractivity contribution in [3.05, 3.63) is 29.3 Å². The Labute approximate surface area is 98.6 Å². The molecule has 0 atom stereocenters. The van der Waals surface area contributed by atoms with E-state index in [1.807, 2.05) is 0 Å². The first-order valence-electron chi connectivity index (χ1n) is 4.69. The molecule has 0 fully saturated rings. The molecule has 17 heavy (non-hydrogen) atoms. The van der Waals surface area contributed by atoms with E-state index in [1.165, 1.54) is 18.3 Å². The largest absolute Gasteiger partial charge is 0.478 e. The molecule has 90 valence electrons. The standard InChI is InChI=1S/C10H10N2O4S/c1-2-7-3-4-8(5-9(7)10(13)14)17(15,16)12-6-11/h3-5,12H,2H2,1H3,(H,13,14). The van der Waals surface area contributed by atoms with E-state index in [9.17, 15) is 13.2 Å². The predicted octanol–water partition coefficient (Wildman–Crippen LogP) is 0.707. The summed E-state index contributed by atoms with van der Waals surface area (Å²) in [5.74, 6) is -1.20. The second kappa shape index (κ2) is 4.84. The van der Waals surface area contributed by atoms with Crippen LogP contribution in [-0.4, -0.2) is 19.5 Å². The summed E-state index contributed by atoms with van der Waals surface area (Å²) in [5, 5.41) is 17.2. The average Bonchev–Trinajstić information content (AvgIpc) is 2.28. The number of aromatic carboxylic acids is 1. The van der Waals surface area contributed by atoms with Crippen LogP contribution in [-0.2, 0) is 16.4 Å². The van der Waals surface area contributed by atoms with Crippen molar-refractivity contribution >= 4 is 16.0 Å².